The van der Waals surface area contributed by atoms with E-state index in [2.05, 4.69) is 0 Å². The van der Waals surface area contributed by atoms with Crippen molar-refractivity contribution in [2.45, 2.75) is 4.90 Å². The van der Waals surface area contributed by atoms with Crippen LogP contribution in [-0.2, 0) is 10.0 Å². The second kappa shape index (κ2) is 4.39. The molecule has 0 heterocycles. The van der Waals surface area contributed by atoms with Gasteiger partial charge in [0.1, 0.15) is 16.5 Å². The highest BCUT2D eigenvalue weighted by atomic mass is 32.2. The summed E-state index contributed by atoms with van der Waals surface area (Å²) in [5.74, 6) is -2.28. The molecule has 0 saturated carbocycles. The van der Waals surface area contributed by atoms with Crippen LogP contribution in [0.15, 0.2) is 23.1 Å². The third-order valence-corrected chi connectivity index (χ3v) is 2.84. The first-order valence-corrected chi connectivity index (χ1v) is 5.23. The monoisotopic (exact) mass is 254 g/mol. The summed E-state index contributed by atoms with van der Waals surface area (Å²) in [4.78, 5) is 9.32. The standard InChI is InChI=1S/C7H5F3N2O3S/c8-4-1-2-5(9)6(3-4)16(14,15)12-7(13)11-10/h1-3H,(H2,11,12,13). The zero-order chi connectivity index (χ0) is 12.3. The molecule has 1 aromatic carbocycles. The number of halogens is 3. The quantitative estimate of drug-likeness (QED) is 0.768. The molecule has 9 heteroatoms. The van der Waals surface area contributed by atoms with E-state index in [4.69, 9.17) is 0 Å². The lowest BCUT2D eigenvalue weighted by Crippen LogP contribution is -2.36. The van der Waals surface area contributed by atoms with E-state index in [1.807, 2.05) is 0 Å². The van der Waals surface area contributed by atoms with Gasteiger partial charge in [-0.25, -0.2) is 26.7 Å². The van der Waals surface area contributed by atoms with Crippen LogP contribution in [0.1, 0.15) is 0 Å². The van der Waals surface area contributed by atoms with Crippen molar-refractivity contribution in [1.29, 1.82) is 0 Å². The third kappa shape index (κ3) is 2.63. The summed E-state index contributed by atoms with van der Waals surface area (Å²) >= 11 is 0. The van der Waals surface area contributed by atoms with Gasteiger partial charge in [0.2, 0.25) is 0 Å². The Labute approximate surface area is 88.3 Å². The van der Waals surface area contributed by atoms with E-state index in [1.165, 1.54) is 0 Å². The van der Waals surface area contributed by atoms with Crippen LogP contribution in [0, 0.1) is 11.6 Å². The highest BCUT2D eigenvalue weighted by Gasteiger charge is 2.22. The predicted molar refractivity (Wildman–Crippen MR) is 46.3 cm³/mol. The summed E-state index contributed by atoms with van der Waals surface area (Å²) in [7, 11) is -4.64. The molecule has 1 rings (SSSR count). The molecule has 0 aliphatic rings. The van der Waals surface area contributed by atoms with Crippen molar-refractivity contribution in [2.75, 3.05) is 0 Å². The van der Waals surface area contributed by atoms with E-state index in [1.54, 1.807) is 0 Å². The lowest BCUT2D eigenvalue weighted by atomic mass is 10.3. The first-order chi connectivity index (χ1) is 7.36. The Morgan fingerprint density at radius 2 is 1.88 bits per heavy atom. The van der Waals surface area contributed by atoms with Crippen LogP contribution < -0.4 is 10.3 Å². The second-order valence-electron chi connectivity index (χ2n) is 2.60. The SMILES string of the molecule is O=C(NF)NS(=O)(=O)c1cc(F)ccc1F. The van der Waals surface area contributed by atoms with Crippen molar-refractivity contribution in [3.05, 3.63) is 29.8 Å². The Bertz CT molecular complexity index is 518. The average Bonchev–Trinajstić information content (AvgIpc) is 2.20. The van der Waals surface area contributed by atoms with Crippen molar-refractivity contribution in [3.8, 4) is 0 Å². The molecule has 16 heavy (non-hydrogen) atoms. The number of urea groups is 1. The first-order valence-electron chi connectivity index (χ1n) is 3.75. The van der Waals surface area contributed by atoms with E-state index in [0.29, 0.717) is 23.7 Å². The molecule has 1 aromatic rings. The van der Waals surface area contributed by atoms with Crippen molar-refractivity contribution < 1.29 is 26.5 Å². The van der Waals surface area contributed by atoms with Gasteiger partial charge in [0.25, 0.3) is 10.0 Å². The van der Waals surface area contributed by atoms with E-state index in [0.717, 1.165) is 4.72 Å². The zero-order valence-corrected chi connectivity index (χ0v) is 8.32. The van der Waals surface area contributed by atoms with Crippen molar-refractivity contribution >= 4 is 16.1 Å². The Morgan fingerprint density at radius 3 is 2.44 bits per heavy atom. The van der Waals surface area contributed by atoms with E-state index < -0.39 is 32.6 Å². The van der Waals surface area contributed by atoms with Gasteiger partial charge in [-0.3, -0.25) is 0 Å². The number of nitrogens with one attached hydrogen (secondary N) is 2. The van der Waals surface area contributed by atoms with Crippen molar-refractivity contribution in [1.82, 2.24) is 10.3 Å². The lowest BCUT2D eigenvalue weighted by Gasteiger charge is -2.05. The normalized spacial score (nSPS) is 10.9. The Kier molecular flexibility index (Phi) is 3.38. The van der Waals surface area contributed by atoms with E-state index in [9.17, 15) is 26.5 Å². The molecule has 0 atom stereocenters. The maximum absolute atomic E-state index is 13.0. The predicted octanol–water partition coefficient (Wildman–Crippen LogP) is 0.837. The van der Waals surface area contributed by atoms with Gasteiger partial charge in [-0.1, -0.05) is 4.48 Å². The molecular weight excluding hydrogens is 249 g/mol. The molecule has 0 radical (unpaired) electrons. The molecule has 5 nitrogen and oxygen atoms in total. The zero-order valence-electron chi connectivity index (χ0n) is 7.50. The third-order valence-electron chi connectivity index (χ3n) is 1.50. The van der Waals surface area contributed by atoms with Crippen LogP contribution in [0.2, 0.25) is 0 Å². The molecule has 0 aliphatic heterocycles. The van der Waals surface area contributed by atoms with Crippen LogP contribution in [0.3, 0.4) is 0 Å². The summed E-state index contributed by atoms with van der Waals surface area (Å²) in [6, 6.07) is -0.0760. The molecule has 2 N–H and O–H groups in total. The average molecular weight is 254 g/mol. The van der Waals surface area contributed by atoms with Gasteiger partial charge < -0.3 is 0 Å². The number of carbonyl (C=O) groups is 1. The van der Waals surface area contributed by atoms with Gasteiger partial charge in [-0.05, 0) is 18.2 Å². The number of benzene rings is 1. The molecule has 0 fully saturated rings. The summed E-state index contributed by atoms with van der Waals surface area (Å²) in [6.07, 6.45) is 0. The summed E-state index contributed by atoms with van der Waals surface area (Å²) in [5.41, 5.74) is 0.480. The summed E-state index contributed by atoms with van der Waals surface area (Å²) < 4.78 is 60.8. The minimum Gasteiger partial charge on any atom is -0.245 e. The van der Waals surface area contributed by atoms with Gasteiger partial charge in [0.15, 0.2) is 0 Å². The van der Waals surface area contributed by atoms with Crippen LogP contribution in [0.5, 0.6) is 0 Å². The Morgan fingerprint density at radius 1 is 1.25 bits per heavy atom. The van der Waals surface area contributed by atoms with Gasteiger partial charge in [-0.2, -0.15) is 5.54 Å². The number of carbonyl (C=O) groups excluding carboxylic acids is 1. The molecule has 0 aliphatic carbocycles. The number of amides is 2. The highest BCUT2D eigenvalue weighted by molar-refractivity contribution is 7.90. The Balaban J connectivity index is 3.17. The fourth-order valence-corrected chi connectivity index (χ4v) is 1.86. The van der Waals surface area contributed by atoms with Crippen molar-refractivity contribution in [2.24, 2.45) is 0 Å². The minimum atomic E-state index is -4.64. The van der Waals surface area contributed by atoms with Crippen LogP contribution in [0.4, 0.5) is 18.1 Å². The summed E-state index contributed by atoms with van der Waals surface area (Å²) in [6.45, 7) is 0. The second-order valence-corrected chi connectivity index (χ2v) is 4.25. The largest absolute Gasteiger partial charge is 0.356 e. The first kappa shape index (κ1) is 12.3. The van der Waals surface area contributed by atoms with Gasteiger partial charge >= 0.3 is 6.03 Å². The molecule has 2 amide bonds. The van der Waals surface area contributed by atoms with Crippen molar-refractivity contribution in [3.63, 3.8) is 0 Å². The number of sulfonamides is 1. The van der Waals surface area contributed by atoms with Gasteiger partial charge in [0, 0.05) is 0 Å². The molecule has 0 unspecified atom stereocenters. The molecule has 0 bridgehead atoms. The Hall–Kier alpha value is -1.77. The molecule has 0 saturated heterocycles. The molecule has 88 valence electrons. The number of hydrogen-bond acceptors (Lipinski definition) is 3. The maximum Gasteiger partial charge on any atom is 0.356 e. The van der Waals surface area contributed by atoms with Crippen LogP contribution >= 0.6 is 0 Å². The lowest BCUT2D eigenvalue weighted by molar-refractivity contribution is 0.222. The van der Waals surface area contributed by atoms with Gasteiger partial charge in [0.05, 0.1) is 0 Å². The topological polar surface area (TPSA) is 75.3 Å². The number of rotatable bonds is 2. The fraction of sp³-hybridized carbons (Fsp3) is 0. The van der Waals surface area contributed by atoms with Crippen LogP contribution in [-0.4, -0.2) is 14.4 Å². The number of hydrogen-bond donors (Lipinski definition) is 2. The molecule has 0 aromatic heterocycles. The fourth-order valence-electron chi connectivity index (χ4n) is 0.879. The summed E-state index contributed by atoms with van der Waals surface area (Å²) in [5, 5.41) is 0. The van der Waals surface area contributed by atoms with E-state index >= 15 is 0 Å². The maximum atomic E-state index is 13.0. The molecule has 0 spiro atoms. The van der Waals surface area contributed by atoms with E-state index in [-0.39, 0.29) is 0 Å². The molecular formula is C7H5F3N2O3S. The smallest absolute Gasteiger partial charge is 0.245 e. The highest BCUT2D eigenvalue weighted by Crippen LogP contribution is 2.15. The van der Waals surface area contributed by atoms with Gasteiger partial charge in [-0.15, -0.1) is 0 Å². The van der Waals surface area contributed by atoms with Crippen LogP contribution in [0.25, 0.3) is 0 Å². The minimum absolute atomic E-state index is 0.364.